The lowest BCUT2D eigenvalue weighted by Crippen LogP contribution is -2.36. The molecule has 0 spiro atoms. The van der Waals surface area contributed by atoms with Gasteiger partial charge in [0, 0.05) is 12.2 Å². The SMILES string of the molecule is CS(=O)(=O)N(CC(=O)Nc1cccc(C#N)c1)Cc1ccc2c(c1)OCO2. The third-order valence-electron chi connectivity index (χ3n) is 3.86. The highest BCUT2D eigenvalue weighted by Gasteiger charge is 2.22. The highest BCUT2D eigenvalue weighted by Crippen LogP contribution is 2.32. The number of nitriles is 1. The number of hydrogen-bond donors (Lipinski definition) is 1. The number of fused-ring (bicyclic) bond motifs is 1. The van der Waals surface area contributed by atoms with Crippen LogP contribution < -0.4 is 14.8 Å². The van der Waals surface area contributed by atoms with Crippen molar-refractivity contribution in [1.29, 1.82) is 5.26 Å². The molecule has 9 heteroatoms. The van der Waals surface area contributed by atoms with E-state index >= 15 is 0 Å². The van der Waals surface area contributed by atoms with Crippen LogP contribution in [0.25, 0.3) is 0 Å². The van der Waals surface area contributed by atoms with Gasteiger partial charge in [0.05, 0.1) is 24.4 Å². The number of anilines is 1. The molecule has 2 aromatic rings. The van der Waals surface area contributed by atoms with Crippen LogP contribution in [-0.2, 0) is 21.4 Å². The van der Waals surface area contributed by atoms with Gasteiger partial charge in [0.15, 0.2) is 11.5 Å². The average molecular weight is 387 g/mol. The first-order chi connectivity index (χ1) is 12.8. The quantitative estimate of drug-likeness (QED) is 0.808. The molecule has 1 N–H and O–H groups in total. The van der Waals surface area contributed by atoms with Gasteiger partial charge in [-0.3, -0.25) is 4.79 Å². The Hall–Kier alpha value is -3.09. The number of rotatable bonds is 6. The molecule has 0 saturated carbocycles. The molecule has 0 bridgehead atoms. The molecule has 1 heterocycles. The van der Waals surface area contributed by atoms with E-state index in [1.54, 1.807) is 36.4 Å². The lowest BCUT2D eigenvalue weighted by molar-refractivity contribution is -0.116. The Morgan fingerprint density at radius 3 is 2.74 bits per heavy atom. The average Bonchev–Trinajstić information content (AvgIpc) is 3.08. The Kier molecular flexibility index (Phi) is 5.30. The first kappa shape index (κ1) is 18.7. The molecule has 0 aliphatic carbocycles. The second-order valence-electron chi connectivity index (χ2n) is 5.96. The van der Waals surface area contributed by atoms with Crippen LogP contribution in [0.3, 0.4) is 0 Å². The fourth-order valence-corrected chi connectivity index (χ4v) is 3.30. The number of benzene rings is 2. The van der Waals surface area contributed by atoms with Crippen molar-refractivity contribution in [3.05, 3.63) is 53.6 Å². The van der Waals surface area contributed by atoms with Crippen LogP contribution in [0.4, 0.5) is 5.69 Å². The number of ether oxygens (including phenoxy) is 2. The highest BCUT2D eigenvalue weighted by molar-refractivity contribution is 7.88. The van der Waals surface area contributed by atoms with Crippen molar-refractivity contribution in [2.45, 2.75) is 6.54 Å². The first-order valence-electron chi connectivity index (χ1n) is 7.99. The minimum atomic E-state index is -3.63. The maximum absolute atomic E-state index is 12.3. The summed E-state index contributed by atoms with van der Waals surface area (Å²) in [5, 5.41) is 11.5. The summed E-state index contributed by atoms with van der Waals surface area (Å²) in [5.41, 5.74) is 1.49. The molecule has 1 aliphatic rings. The van der Waals surface area contributed by atoms with Crippen LogP contribution in [0.1, 0.15) is 11.1 Å². The Balaban J connectivity index is 1.71. The molecule has 0 fully saturated rings. The summed E-state index contributed by atoms with van der Waals surface area (Å²) in [6.07, 6.45) is 1.05. The summed E-state index contributed by atoms with van der Waals surface area (Å²) < 4.78 is 35.8. The zero-order valence-corrected chi connectivity index (χ0v) is 15.3. The fourth-order valence-electron chi connectivity index (χ4n) is 2.56. The van der Waals surface area contributed by atoms with Crippen molar-refractivity contribution in [2.75, 3.05) is 24.9 Å². The second kappa shape index (κ2) is 7.65. The second-order valence-corrected chi connectivity index (χ2v) is 7.94. The largest absolute Gasteiger partial charge is 0.454 e. The van der Waals surface area contributed by atoms with Gasteiger partial charge in [-0.1, -0.05) is 12.1 Å². The zero-order chi connectivity index (χ0) is 19.4. The van der Waals surface area contributed by atoms with Gasteiger partial charge < -0.3 is 14.8 Å². The molecular formula is C18H17N3O5S. The van der Waals surface area contributed by atoms with Gasteiger partial charge in [-0.05, 0) is 35.9 Å². The minimum absolute atomic E-state index is 0.0150. The molecule has 1 aliphatic heterocycles. The van der Waals surface area contributed by atoms with Crippen molar-refractivity contribution in [3.8, 4) is 17.6 Å². The molecule has 1 amide bonds. The van der Waals surface area contributed by atoms with Crippen molar-refractivity contribution in [3.63, 3.8) is 0 Å². The number of hydrogen-bond acceptors (Lipinski definition) is 6. The third-order valence-corrected chi connectivity index (χ3v) is 5.06. The lowest BCUT2D eigenvalue weighted by atomic mass is 10.2. The van der Waals surface area contributed by atoms with Gasteiger partial charge in [0.25, 0.3) is 0 Å². The summed E-state index contributed by atoms with van der Waals surface area (Å²) in [5.74, 6) is 0.634. The Bertz CT molecular complexity index is 1010. The predicted molar refractivity (Wildman–Crippen MR) is 97.6 cm³/mol. The van der Waals surface area contributed by atoms with Crippen LogP contribution in [0, 0.1) is 11.3 Å². The predicted octanol–water partition coefficient (Wildman–Crippen LogP) is 1.69. The van der Waals surface area contributed by atoms with Crippen molar-refractivity contribution in [1.82, 2.24) is 4.31 Å². The number of amides is 1. The van der Waals surface area contributed by atoms with Crippen LogP contribution >= 0.6 is 0 Å². The van der Waals surface area contributed by atoms with Crippen molar-refractivity contribution >= 4 is 21.6 Å². The number of sulfonamides is 1. The number of nitrogens with zero attached hydrogens (tertiary/aromatic N) is 2. The smallest absolute Gasteiger partial charge is 0.239 e. The summed E-state index contributed by atoms with van der Waals surface area (Å²) in [7, 11) is -3.63. The first-order valence-corrected chi connectivity index (χ1v) is 9.83. The zero-order valence-electron chi connectivity index (χ0n) is 14.5. The number of nitrogens with one attached hydrogen (secondary N) is 1. The number of carbonyl (C=O) groups excluding carboxylic acids is 1. The standard InChI is InChI=1S/C18H17N3O5S/c1-27(23,24)21(10-14-5-6-16-17(8-14)26-12-25-16)11-18(22)20-15-4-2-3-13(7-15)9-19/h2-8H,10-12H2,1H3,(H,20,22). The van der Waals surface area contributed by atoms with Crippen LogP contribution in [-0.4, -0.2) is 38.2 Å². The molecule has 0 atom stereocenters. The number of carbonyl (C=O) groups is 1. The fraction of sp³-hybridized carbons (Fsp3) is 0.222. The minimum Gasteiger partial charge on any atom is -0.454 e. The summed E-state index contributed by atoms with van der Waals surface area (Å²) in [6, 6.07) is 13.5. The van der Waals surface area contributed by atoms with E-state index < -0.39 is 15.9 Å². The van der Waals surface area contributed by atoms with Gasteiger partial charge in [-0.15, -0.1) is 0 Å². The molecular weight excluding hydrogens is 370 g/mol. The molecule has 27 heavy (non-hydrogen) atoms. The molecule has 0 aromatic heterocycles. The topological polar surface area (TPSA) is 109 Å². The van der Waals surface area contributed by atoms with E-state index in [0.717, 1.165) is 10.6 Å². The molecule has 0 radical (unpaired) electrons. The highest BCUT2D eigenvalue weighted by atomic mass is 32.2. The van der Waals surface area contributed by atoms with E-state index in [-0.39, 0.29) is 19.9 Å². The van der Waals surface area contributed by atoms with E-state index in [9.17, 15) is 13.2 Å². The van der Waals surface area contributed by atoms with E-state index in [1.807, 2.05) is 6.07 Å². The van der Waals surface area contributed by atoms with Crippen LogP contribution in [0.2, 0.25) is 0 Å². The van der Waals surface area contributed by atoms with Gasteiger partial charge in [0.1, 0.15) is 0 Å². The van der Waals surface area contributed by atoms with Gasteiger partial charge in [-0.25, -0.2) is 8.42 Å². The molecule has 3 rings (SSSR count). The Morgan fingerprint density at radius 1 is 1.22 bits per heavy atom. The van der Waals surface area contributed by atoms with Gasteiger partial charge in [-0.2, -0.15) is 9.57 Å². The lowest BCUT2D eigenvalue weighted by Gasteiger charge is -2.20. The summed E-state index contributed by atoms with van der Waals surface area (Å²) in [4.78, 5) is 12.3. The molecule has 0 unspecified atom stereocenters. The molecule has 2 aromatic carbocycles. The van der Waals surface area contributed by atoms with Crippen molar-refractivity contribution in [2.24, 2.45) is 0 Å². The Labute approximate surface area is 157 Å². The van der Waals surface area contributed by atoms with E-state index in [4.69, 9.17) is 14.7 Å². The van der Waals surface area contributed by atoms with Gasteiger partial charge >= 0.3 is 0 Å². The third kappa shape index (κ3) is 4.75. The van der Waals surface area contributed by atoms with Crippen LogP contribution in [0.5, 0.6) is 11.5 Å². The molecule has 140 valence electrons. The molecule has 8 nitrogen and oxygen atoms in total. The van der Waals surface area contributed by atoms with Crippen LogP contribution in [0.15, 0.2) is 42.5 Å². The summed E-state index contributed by atoms with van der Waals surface area (Å²) >= 11 is 0. The molecule has 0 saturated heterocycles. The summed E-state index contributed by atoms with van der Waals surface area (Å²) in [6.45, 7) is -0.218. The normalized spacial score (nSPS) is 12.6. The van der Waals surface area contributed by atoms with E-state index in [1.165, 1.54) is 6.07 Å². The monoisotopic (exact) mass is 387 g/mol. The van der Waals surface area contributed by atoms with Crippen molar-refractivity contribution < 1.29 is 22.7 Å². The van der Waals surface area contributed by atoms with E-state index in [0.29, 0.717) is 28.3 Å². The maximum Gasteiger partial charge on any atom is 0.239 e. The van der Waals surface area contributed by atoms with Gasteiger partial charge in [0.2, 0.25) is 22.7 Å². The Morgan fingerprint density at radius 2 is 2.00 bits per heavy atom. The maximum atomic E-state index is 12.3. The van der Waals surface area contributed by atoms with E-state index in [2.05, 4.69) is 5.32 Å².